The largest absolute Gasteiger partial charge is 0.460 e. The number of nitrogens with zero attached hydrogens (tertiary/aromatic N) is 1. The van der Waals surface area contributed by atoms with Crippen molar-refractivity contribution < 1.29 is 4.42 Å². The van der Waals surface area contributed by atoms with Crippen LogP contribution in [0.4, 0.5) is 17.1 Å². The van der Waals surface area contributed by atoms with Gasteiger partial charge in [0.2, 0.25) is 0 Å². The van der Waals surface area contributed by atoms with Crippen LogP contribution in [0.15, 0.2) is 186 Å². The van der Waals surface area contributed by atoms with Gasteiger partial charge in [0.15, 0.2) is 0 Å². The van der Waals surface area contributed by atoms with Crippen molar-refractivity contribution in [1.29, 1.82) is 0 Å². The number of hydrogen-bond donors (Lipinski definition) is 0. The molecular formula is C60H47NO. The molecule has 0 saturated heterocycles. The van der Waals surface area contributed by atoms with Crippen LogP contribution >= 0.6 is 0 Å². The van der Waals surface area contributed by atoms with E-state index < -0.39 is 0 Å². The molecule has 0 aliphatic heterocycles. The van der Waals surface area contributed by atoms with Crippen LogP contribution in [0.25, 0.3) is 67.1 Å². The molecular weight excluding hydrogens is 751 g/mol. The summed E-state index contributed by atoms with van der Waals surface area (Å²) in [6.07, 6.45) is 4.14. The van der Waals surface area contributed by atoms with Gasteiger partial charge >= 0.3 is 0 Å². The Morgan fingerprint density at radius 1 is 0.435 bits per heavy atom. The van der Waals surface area contributed by atoms with Gasteiger partial charge in [-0.05, 0) is 116 Å². The van der Waals surface area contributed by atoms with E-state index in [1.54, 1.807) is 0 Å². The second kappa shape index (κ2) is 13.7. The Bertz CT molecular complexity index is 3320. The van der Waals surface area contributed by atoms with Crippen LogP contribution in [-0.2, 0) is 17.3 Å². The monoisotopic (exact) mass is 797 g/mol. The minimum absolute atomic E-state index is 0.0829. The predicted molar refractivity (Wildman–Crippen MR) is 260 cm³/mol. The van der Waals surface area contributed by atoms with E-state index in [9.17, 15) is 0 Å². The zero-order valence-electron chi connectivity index (χ0n) is 35.7. The fourth-order valence-electron chi connectivity index (χ4n) is 11.1. The van der Waals surface area contributed by atoms with E-state index in [0.29, 0.717) is 0 Å². The third-order valence-electron chi connectivity index (χ3n) is 14.2. The zero-order valence-corrected chi connectivity index (χ0v) is 35.7. The highest BCUT2D eigenvalue weighted by Gasteiger charge is 2.38. The number of benzene rings is 8. The van der Waals surface area contributed by atoms with E-state index in [4.69, 9.17) is 4.42 Å². The fraction of sp³-hybridized carbons (Fsp3) is 0.133. The molecule has 62 heavy (non-hydrogen) atoms. The Labute approximate surface area is 364 Å². The number of para-hydroxylation sites is 3. The first-order valence-corrected chi connectivity index (χ1v) is 22.1. The molecule has 0 unspecified atom stereocenters. The van der Waals surface area contributed by atoms with Crippen LogP contribution in [-0.4, -0.2) is 0 Å². The van der Waals surface area contributed by atoms with E-state index in [1.165, 1.54) is 88.8 Å². The summed E-state index contributed by atoms with van der Waals surface area (Å²) in [5, 5.41) is 1.17. The lowest BCUT2D eigenvalue weighted by molar-refractivity contribution is 0.548. The maximum atomic E-state index is 6.39. The number of furan rings is 1. The van der Waals surface area contributed by atoms with E-state index >= 15 is 0 Å². The molecule has 3 aliphatic carbocycles. The second-order valence-electron chi connectivity index (χ2n) is 18.4. The normalized spacial score (nSPS) is 15.0. The van der Waals surface area contributed by atoms with Gasteiger partial charge < -0.3 is 9.32 Å². The molecule has 12 rings (SSSR count). The van der Waals surface area contributed by atoms with Crippen LogP contribution in [0.5, 0.6) is 0 Å². The summed E-state index contributed by atoms with van der Waals surface area (Å²) in [7, 11) is 0. The number of aryl methyl sites for hydroxylation is 1. The van der Waals surface area contributed by atoms with Crippen molar-refractivity contribution in [3.8, 4) is 44.5 Å². The van der Waals surface area contributed by atoms with Crippen LogP contribution in [0.2, 0.25) is 0 Å². The van der Waals surface area contributed by atoms with Gasteiger partial charge in [-0.3, -0.25) is 0 Å². The van der Waals surface area contributed by atoms with Gasteiger partial charge in [0.1, 0.15) is 11.3 Å². The first-order valence-electron chi connectivity index (χ1n) is 22.1. The van der Waals surface area contributed by atoms with Crippen LogP contribution < -0.4 is 4.90 Å². The summed E-state index contributed by atoms with van der Waals surface area (Å²) < 4.78 is 6.39. The van der Waals surface area contributed by atoms with Crippen LogP contribution in [0.1, 0.15) is 73.3 Å². The Hall–Kier alpha value is -7.16. The van der Waals surface area contributed by atoms with Crippen LogP contribution in [0.3, 0.4) is 0 Å². The van der Waals surface area contributed by atoms with Crippen molar-refractivity contribution in [1.82, 2.24) is 0 Å². The van der Waals surface area contributed by atoms with Crippen molar-refractivity contribution in [2.75, 3.05) is 4.90 Å². The Morgan fingerprint density at radius 2 is 1.02 bits per heavy atom. The lowest BCUT2D eigenvalue weighted by atomic mass is 9.81. The third kappa shape index (κ3) is 5.42. The summed E-state index contributed by atoms with van der Waals surface area (Å²) in [5.41, 5.74) is 23.7. The van der Waals surface area contributed by atoms with Crippen LogP contribution in [0, 0.1) is 0 Å². The Morgan fingerprint density at radius 3 is 1.84 bits per heavy atom. The zero-order chi connectivity index (χ0) is 41.7. The van der Waals surface area contributed by atoms with Crippen molar-refractivity contribution in [3.05, 3.63) is 221 Å². The molecule has 0 atom stereocenters. The second-order valence-corrected chi connectivity index (χ2v) is 18.4. The molecule has 0 saturated carbocycles. The van der Waals surface area contributed by atoms with E-state index in [0.717, 1.165) is 41.2 Å². The molecule has 3 aliphatic rings. The van der Waals surface area contributed by atoms with E-state index in [1.807, 2.05) is 0 Å². The minimum atomic E-state index is -0.104. The number of allylic oxidation sites excluding steroid dienone is 1. The van der Waals surface area contributed by atoms with Gasteiger partial charge in [-0.15, -0.1) is 0 Å². The average Bonchev–Trinajstić information content (AvgIpc) is 3.89. The Kier molecular flexibility index (Phi) is 8.09. The fourth-order valence-corrected chi connectivity index (χ4v) is 11.1. The highest BCUT2D eigenvalue weighted by atomic mass is 16.3. The maximum Gasteiger partial charge on any atom is 0.134 e. The van der Waals surface area contributed by atoms with Crippen molar-refractivity contribution >= 4 is 39.7 Å². The molecule has 2 heteroatoms. The third-order valence-corrected chi connectivity index (χ3v) is 14.2. The molecule has 298 valence electrons. The summed E-state index contributed by atoms with van der Waals surface area (Å²) >= 11 is 0. The average molecular weight is 798 g/mol. The molecule has 9 aromatic rings. The summed E-state index contributed by atoms with van der Waals surface area (Å²) in [4.78, 5) is 2.52. The maximum absolute atomic E-state index is 6.39. The topological polar surface area (TPSA) is 16.4 Å². The summed E-state index contributed by atoms with van der Waals surface area (Å²) in [6.45, 7) is 9.46. The van der Waals surface area contributed by atoms with Gasteiger partial charge in [-0.25, -0.2) is 0 Å². The number of hydrogen-bond acceptors (Lipinski definition) is 2. The first-order chi connectivity index (χ1) is 30.3. The van der Waals surface area contributed by atoms with Gasteiger partial charge in [0.25, 0.3) is 0 Å². The molecule has 1 heterocycles. The number of anilines is 3. The minimum Gasteiger partial charge on any atom is -0.460 e. The molecule has 0 bridgehead atoms. The SMILES string of the molecule is CC1(C)c2ccccc2-c2ccc(-c3cccc(N(c4ccccc4C4=Cc5c(oc6ccccc56)CC4)c4ccccc4-c4cccc5c4-c4ccccc4C5(C)C)c3)cc21. The molecule has 0 N–H and O–H groups in total. The van der Waals surface area contributed by atoms with Gasteiger partial charge in [0, 0.05) is 45.0 Å². The Balaban J connectivity index is 1.07. The lowest BCUT2D eigenvalue weighted by Crippen LogP contribution is -2.15. The number of fused-ring (bicyclic) bond motifs is 9. The van der Waals surface area contributed by atoms with Gasteiger partial charge in [-0.2, -0.15) is 0 Å². The summed E-state index contributed by atoms with van der Waals surface area (Å²) in [6, 6.07) is 67.6. The van der Waals surface area contributed by atoms with Gasteiger partial charge in [0.05, 0.1) is 11.4 Å². The molecule has 0 fully saturated rings. The molecule has 0 radical (unpaired) electrons. The van der Waals surface area contributed by atoms with Gasteiger partial charge in [-0.1, -0.05) is 173 Å². The smallest absolute Gasteiger partial charge is 0.134 e. The van der Waals surface area contributed by atoms with Crippen molar-refractivity contribution in [2.24, 2.45) is 0 Å². The quantitative estimate of drug-likeness (QED) is 0.167. The summed E-state index contributed by atoms with van der Waals surface area (Å²) in [5.74, 6) is 1.07. The molecule has 0 spiro atoms. The molecule has 2 nitrogen and oxygen atoms in total. The lowest BCUT2D eigenvalue weighted by Gasteiger charge is -2.31. The first kappa shape index (κ1) is 36.7. The molecule has 8 aromatic carbocycles. The molecule has 1 aromatic heterocycles. The van der Waals surface area contributed by atoms with E-state index in [2.05, 4.69) is 221 Å². The highest BCUT2D eigenvalue weighted by molar-refractivity contribution is 6.02. The standard InChI is InChI=1S/C60H47NO/c1-59(2)51-26-11-6-23-48(51)58-47(24-16-27-52(58)59)45-21-8-13-29-55(45)61(54-28-12-7-19-42(54)40-32-34-57-49(36-40)46-22-9-14-30-56(46)62-57)41-18-15-17-38(35-41)39-31-33-44-43-20-5-10-25-50(43)60(3,4)53(44)37-39/h5-31,33,35-37H,32,34H2,1-4H3. The van der Waals surface area contributed by atoms with Crippen molar-refractivity contribution in [2.45, 2.75) is 51.4 Å². The van der Waals surface area contributed by atoms with Crippen molar-refractivity contribution in [3.63, 3.8) is 0 Å². The predicted octanol–water partition coefficient (Wildman–Crippen LogP) is 16.3. The van der Waals surface area contributed by atoms with E-state index in [-0.39, 0.29) is 10.8 Å². The highest BCUT2D eigenvalue weighted by Crippen LogP contribution is 2.55. The number of rotatable bonds is 6. The molecule has 0 amide bonds.